The Morgan fingerprint density at radius 3 is 2.27 bits per heavy atom. The molecule has 0 fully saturated rings. The molecule has 0 bridgehead atoms. The van der Waals surface area contributed by atoms with Gasteiger partial charge in [-0.15, -0.1) is 0 Å². The maximum absolute atomic E-state index is 12.4. The van der Waals surface area contributed by atoms with Gasteiger partial charge in [0, 0.05) is 29.1 Å². The smallest absolute Gasteiger partial charge is 0.305 e. The van der Waals surface area contributed by atoms with E-state index in [1.807, 2.05) is 36.4 Å². The highest BCUT2D eigenvalue weighted by molar-refractivity contribution is 6.30. The van der Waals surface area contributed by atoms with Crippen LogP contribution in [0.2, 0.25) is 5.02 Å². The van der Waals surface area contributed by atoms with Crippen LogP contribution in [0.3, 0.4) is 0 Å². The molecule has 0 aromatic heterocycles. The van der Waals surface area contributed by atoms with Gasteiger partial charge in [0.1, 0.15) is 17.6 Å². The van der Waals surface area contributed by atoms with Crippen LogP contribution in [-0.2, 0) is 4.79 Å². The number of hydrogen-bond donors (Lipinski definition) is 2. The lowest BCUT2D eigenvalue weighted by Gasteiger charge is -2.29. The summed E-state index contributed by atoms with van der Waals surface area (Å²) in [6.45, 7) is 2.15. The first-order valence-corrected chi connectivity index (χ1v) is 12.3. The van der Waals surface area contributed by atoms with Crippen LogP contribution in [0.25, 0.3) is 0 Å². The number of carbonyl (C=O) groups excluding carboxylic acids is 1. The van der Waals surface area contributed by atoms with E-state index in [0.717, 1.165) is 24.0 Å². The van der Waals surface area contributed by atoms with E-state index in [0.29, 0.717) is 27.6 Å². The van der Waals surface area contributed by atoms with Gasteiger partial charge in [-0.3, -0.25) is 9.59 Å². The van der Waals surface area contributed by atoms with E-state index in [2.05, 4.69) is 18.3 Å². The fourth-order valence-corrected chi connectivity index (χ4v) is 4.20. The van der Waals surface area contributed by atoms with Gasteiger partial charge < -0.3 is 19.9 Å². The standard InChI is InChI=1S/C29H29ClN2O5/c1-3-4-26(20-5-7-22(8-6-20)29(35)32-14-13-27(33)34)28(21-9-11-23(30)12-10-21)37-25-16-19(18-31)15-24(17-25)36-2/h5-12,15-17,26,28H,3-4,13-14H2,1-2H3,(H,32,35)(H,33,34)/t26-,28+/m1/s1. The zero-order chi connectivity index (χ0) is 26.8. The van der Waals surface area contributed by atoms with E-state index < -0.39 is 12.1 Å². The Balaban J connectivity index is 1.95. The lowest BCUT2D eigenvalue weighted by atomic mass is 9.85. The number of nitrogens with zero attached hydrogens (tertiary/aromatic N) is 1. The predicted octanol–water partition coefficient (Wildman–Crippen LogP) is 6.13. The number of rotatable bonds is 12. The summed E-state index contributed by atoms with van der Waals surface area (Å²) in [7, 11) is 1.54. The molecule has 3 aromatic rings. The second kappa shape index (κ2) is 13.3. The third-order valence-electron chi connectivity index (χ3n) is 5.90. The van der Waals surface area contributed by atoms with Gasteiger partial charge >= 0.3 is 5.97 Å². The number of hydrogen-bond acceptors (Lipinski definition) is 5. The summed E-state index contributed by atoms with van der Waals surface area (Å²) in [5.41, 5.74) is 2.77. The summed E-state index contributed by atoms with van der Waals surface area (Å²) in [6, 6.07) is 21.9. The number of carbonyl (C=O) groups is 2. The van der Waals surface area contributed by atoms with Crippen LogP contribution < -0.4 is 14.8 Å². The normalized spacial score (nSPS) is 12.2. The Morgan fingerprint density at radius 2 is 1.68 bits per heavy atom. The molecule has 0 saturated heterocycles. The topological polar surface area (TPSA) is 109 Å². The van der Waals surface area contributed by atoms with Crippen molar-refractivity contribution in [3.8, 4) is 17.6 Å². The molecule has 2 N–H and O–H groups in total. The van der Waals surface area contributed by atoms with Crippen molar-refractivity contribution in [2.24, 2.45) is 0 Å². The van der Waals surface area contributed by atoms with E-state index in [-0.39, 0.29) is 24.8 Å². The lowest BCUT2D eigenvalue weighted by molar-refractivity contribution is -0.136. The Labute approximate surface area is 221 Å². The molecule has 192 valence electrons. The summed E-state index contributed by atoms with van der Waals surface area (Å²) in [5, 5.41) is 21.5. The fraction of sp³-hybridized carbons (Fsp3) is 0.276. The van der Waals surface area contributed by atoms with Crippen LogP contribution >= 0.6 is 11.6 Å². The van der Waals surface area contributed by atoms with Crippen molar-refractivity contribution in [3.05, 3.63) is 94.0 Å². The van der Waals surface area contributed by atoms with Gasteiger partial charge in [0.2, 0.25) is 0 Å². The van der Waals surface area contributed by atoms with Crippen molar-refractivity contribution in [2.75, 3.05) is 13.7 Å². The first kappa shape index (κ1) is 27.6. The first-order valence-electron chi connectivity index (χ1n) is 12.0. The maximum Gasteiger partial charge on any atom is 0.305 e. The molecular formula is C29H29ClN2O5. The van der Waals surface area contributed by atoms with Crippen LogP contribution in [0.1, 0.15) is 65.3 Å². The van der Waals surface area contributed by atoms with Crippen molar-refractivity contribution in [1.29, 1.82) is 5.26 Å². The van der Waals surface area contributed by atoms with E-state index in [4.69, 9.17) is 26.2 Å². The Hall–Kier alpha value is -4.02. The monoisotopic (exact) mass is 520 g/mol. The fourth-order valence-electron chi connectivity index (χ4n) is 4.07. The minimum Gasteiger partial charge on any atom is -0.497 e. The molecule has 1 amide bonds. The van der Waals surface area contributed by atoms with Gasteiger partial charge in [0.05, 0.1) is 25.2 Å². The van der Waals surface area contributed by atoms with Crippen LogP contribution in [-0.4, -0.2) is 30.6 Å². The molecule has 0 heterocycles. The molecule has 2 atom stereocenters. The van der Waals surface area contributed by atoms with Crippen LogP contribution in [0.15, 0.2) is 66.7 Å². The Bertz CT molecular complexity index is 1250. The van der Waals surface area contributed by atoms with Crippen molar-refractivity contribution in [3.63, 3.8) is 0 Å². The summed E-state index contributed by atoms with van der Waals surface area (Å²) in [6.07, 6.45) is 1.13. The molecule has 8 heteroatoms. The maximum atomic E-state index is 12.4. The molecule has 37 heavy (non-hydrogen) atoms. The number of nitriles is 1. The zero-order valence-electron chi connectivity index (χ0n) is 20.7. The van der Waals surface area contributed by atoms with Crippen LogP contribution in [0, 0.1) is 11.3 Å². The lowest BCUT2D eigenvalue weighted by Crippen LogP contribution is -2.26. The second-order valence-corrected chi connectivity index (χ2v) is 8.95. The molecule has 0 aliphatic heterocycles. The molecular weight excluding hydrogens is 492 g/mol. The van der Waals surface area contributed by atoms with E-state index in [1.54, 1.807) is 30.3 Å². The van der Waals surface area contributed by atoms with Crippen molar-refractivity contribution >= 4 is 23.5 Å². The first-order chi connectivity index (χ1) is 17.8. The molecule has 0 aliphatic carbocycles. The quantitative estimate of drug-likeness (QED) is 0.297. The molecule has 0 aliphatic rings. The highest BCUT2D eigenvalue weighted by Gasteiger charge is 2.27. The SMILES string of the molecule is CCC[C@H](c1ccc(C(=O)NCCC(=O)O)cc1)[C@@H](Oc1cc(C#N)cc(OC)c1)c1ccc(Cl)cc1. The minimum atomic E-state index is -0.968. The molecule has 7 nitrogen and oxygen atoms in total. The molecule has 3 aromatic carbocycles. The Morgan fingerprint density at radius 1 is 1.03 bits per heavy atom. The largest absolute Gasteiger partial charge is 0.497 e. The van der Waals surface area contributed by atoms with Gasteiger partial charge in [-0.1, -0.05) is 49.2 Å². The minimum absolute atomic E-state index is 0.0616. The molecule has 0 unspecified atom stereocenters. The number of methoxy groups -OCH3 is 1. The van der Waals surface area contributed by atoms with Gasteiger partial charge in [-0.25, -0.2) is 0 Å². The van der Waals surface area contributed by atoms with Gasteiger partial charge in [0.25, 0.3) is 5.91 Å². The number of aliphatic carboxylic acids is 1. The van der Waals surface area contributed by atoms with Crippen LogP contribution in [0.5, 0.6) is 11.5 Å². The van der Waals surface area contributed by atoms with E-state index >= 15 is 0 Å². The van der Waals surface area contributed by atoms with Crippen LogP contribution in [0.4, 0.5) is 0 Å². The van der Waals surface area contributed by atoms with Gasteiger partial charge in [0.15, 0.2) is 0 Å². The van der Waals surface area contributed by atoms with Crippen molar-refractivity contribution < 1.29 is 24.2 Å². The summed E-state index contributed by atoms with van der Waals surface area (Å²) in [4.78, 5) is 23.1. The third kappa shape index (κ3) is 7.73. The summed E-state index contributed by atoms with van der Waals surface area (Å²) < 4.78 is 11.9. The van der Waals surface area contributed by atoms with Crippen molar-refractivity contribution in [1.82, 2.24) is 5.32 Å². The number of carboxylic acid groups (broad SMARTS) is 1. The average Bonchev–Trinajstić information content (AvgIpc) is 2.90. The second-order valence-electron chi connectivity index (χ2n) is 8.52. The van der Waals surface area contributed by atoms with Gasteiger partial charge in [-0.2, -0.15) is 5.26 Å². The highest BCUT2D eigenvalue weighted by atomic mass is 35.5. The number of halogens is 1. The van der Waals surface area contributed by atoms with E-state index in [1.165, 1.54) is 7.11 Å². The zero-order valence-corrected chi connectivity index (χ0v) is 21.5. The summed E-state index contributed by atoms with van der Waals surface area (Å²) in [5.74, 6) is -0.345. The molecule has 0 saturated carbocycles. The van der Waals surface area contributed by atoms with Gasteiger partial charge in [-0.05, 0) is 53.9 Å². The average molecular weight is 521 g/mol. The number of nitrogens with one attached hydrogen (secondary N) is 1. The number of ether oxygens (including phenoxy) is 2. The highest BCUT2D eigenvalue weighted by Crippen LogP contribution is 2.39. The number of carboxylic acids is 1. The molecule has 0 spiro atoms. The molecule has 3 rings (SSSR count). The third-order valence-corrected chi connectivity index (χ3v) is 6.15. The summed E-state index contributed by atoms with van der Waals surface area (Å²) >= 11 is 6.15. The predicted molar refractivity (Wildman–Crippen MR) is 141 cm³/mol. The van der Waals surface area contributed by atoms with E-state index in [9.17, 15) is 14.9 Å². The number of benzene rings is 3. The molecule has 0 radical (unpaired) electrons. The number of amides is 1. The van der Waals surface area contributed by atoms with Crippen molar-refractivity contribution in [2.45, 2.75) is 38.2 Å². The Kier molecular flexibility index (Phi) is 9.93.